The molecule has 0 aromatic rings. The van der Waals surface area contributed by atoms with E-state index in [9.17, 15) is 5.11 Å². The van der Waals surface area contributed by atoms with Crippen LogP contribution in [-0.2, 0) is 4.74 Å². The standard InChI is InChI=1S/C10H19NO2/c11-6-4-10(12)5-7-13-8-9(10)2-1-3-9/h12H,1-8,11H2. The van der Waals surface area contributed by atoms with Crippen molar-refractivity contribution in [2.24, 2.45) is 11.1 Å². The highest BCUT2D eigenvalue weighted by molar-refractivity contribution is 5.05. The molecular weight excluding hydrogens is 166 g/mol. The average molecular weight is 185 g/mol. The molecule has 0 radical (unpaired) electrons. The second-order valence-electron chi connectivity index (χ2n) is 4.51. The molecule has 13 heavy (non-hydrogen) atoms. The van der Waals surface area contributed by atoms with E-state index in [0.29, 0.717) is 13.2 Å². The summed E-state index contributed by atoms with van der Waals surface area (Å²) >= 11 is 0. The number of hydrogen-bond acceptors (Lipinski definition) is 3. The number of hydrogen-bond donors (Lipinski definition) is 2. The third kappa shape index (κ3) is 1.30. The summed E-state index contributed by atoms with van der Waals surface area (Å²) in [4.78, 5) is 0. The van der Waals surface area contributed by atoms with Crippen molar-refractivity contribution in [3.63, 3.8) is 0 Å². The predicted octanol–water partition coefficient (Wildman–Crippen LogP) is 0.657. The average Bonchev–Trinajstić information content (AvgIpc) is 2.02. The van der Waals surface area contributed by atoms with Gasteiger partial charge in [-0.3, -0.25) is 0 Å². The lowest BCUT2D eigenvalue weighted by Gasteiger charge is -2.55. The van der Waals surface area contributed by atoms with Gasteiger partial charge in [0.2, 0.25) is 0 Å². The largest absolute Gasteiger partial charge is 0.389 e. The second-order valence-corrected chi connectivity index (χ2v) is 4.51. The normalized spacial score (nSPS) is 37.4. The van der Waals surface area contributed by atoms with E-state index < -0.39 is 5.60 Å². The van der Waals surface area contributed by atoms with Crippen molar-refractivity contribution < 1.29 is 9.84 Å². The first-order chi connectivity index (χ1) is 6.22. The van der Waals surface area contributed by atoms with Gasteiger partial charge in [-0.1, -0.05) is 6.42 Å². The van der Waals surface area contributed by atoms with Gasteiger partial charge in [-0.05, 0) is 25.8 Å². The molecule has 1 unspecified atom stereocenters. The van der Waals surface area contributed by atoms with Gasteiger partial charge in [-0.25, -0.2) is 0 Å². The maximum Gasteiger partial charge on any atom is 0.0759 e. The molecule has 0 aromatic heterocycles. The van der Waals surface area contributed by atoms with Gasteiger partial charge in [0.05, 0.1) is 12.2 Å². The smallest absolute Gasteiger partial charge is 0.0759 e. The lowest BCUT2D eigenvalue weighted by atomic mass is 9.56. The fourth-order valence-electron chi connectivity index (χ4n) is 2.75. The van der Waals surface area contributed by atoms with Gasteiger partial charge in [0, 0.05) is 18.4 Å². The maximum absolute atomic E-state index is 10.5. The molecule has 2 rings (SSSR count). The van der Waals surface area contributed by atoms with Crippen molar-refractivity contribution in [2.45, 2.75) is 37.7 Å². The summed E-state index contributed by atoms with van der Waals surface area (Å²) in [6.45, 7) is 2.01. The van der Waals surface area contributed by atoms with Crippen LogP contribution in [0.1, 0.15) is 32.1 Å². The molecule has 1 aliphatic carbocycles. The Labute approximate surface area is 79.3 Å². The van der Waals surface area contributed by atoms with Crippen LogP contribution < -0.4 is 5.73 Å². The Hall–Kier alpha value is -0.120. The minimum Gasteiger partial charge on any atom is -0.389 e. The highest BCUT2D eigenvalue weighted by Crippen LogP contribution is 2.53. The highest BCUT2D eigenvalue weighted by Gasteiger charge is 2.55. The number of nitrogens with two attached hydrogens (primary N) is 1. The monoisotopic (exact) mass is 185 g/mol. The summed E-state index contributed by atoms with van der Waals surface area (Å²) in [6, 6.07) is 0. The Bertz CT molecular complexity index is 187. The van der Waals surface area contributed by atoms with Crippen LogP contribution in [0.25, 0.3) is 0 Å². The summed E-state index contributed by atoms with van der Waals surface area (Å²) in [5, 5.41) is 10.5. The van der Waals surface area contributed by atoms with Gasteiger partial charge in [-0.15, -0.1) is 0 Å². The first-order valence-electron chi connectivity index (χ1n) is 5.23. The van der Waals surface area contributed by atoms with E-state index in [-0.39, 0.29) is 5.41 Å². The molecule has 1 atom stereocenters. The van der Waals surface area contributed by atoms with Gasteiger partial charge in [0.15, 0.2) is 0 Å². The quantitative estimate of drug-likeness (QED) is 0.664. The fourth-order valence-corrected chi connectivity index (χ4v) is 2.75. The van der Waals surface area contributed by atoms with Crippen LogP contribution in [0.2, 0.25) is 0 Å². The summed E-state index contributed by atoms with van der Waals surface area (Å²) in [5.74, 6) is 0. The van der Waals surface area contributed by atoms with E-state index in [4.69, 9.17) is 10.5 Å². The fraction of sp³-hybridized carbons (Fsp3) is 1.00. The van der Waals surface area contributed by atoms with Crippen molar-refractivity contribution in [2.75, 3.05) is 19.8 Å². The summed E-state index contributed by atoms with van der Waals surface area (Å²) < 4.78 is 5.47. The highest BCUT2D eigenvalue weighted by atomic mass is 16.5. The number of ether oxygens (including phenoxy) is 1. The van der Waals surface area contributed by atoms with Crippen LogP contribution >= 0.6 is 0 Å². The van der Waals surface area contributed by atoms with Crippen LogP contribution in [0.4, 0.5) is 0 Å². The van der Waals surface area contributed by atoms with Crippen LogP contribution in [0, 0.1) is 5.41 Å². The molecule has 1 saturated heterocycles. The minimum absolute atomic E-state index is 0.0601. The van der Waals surface area contributed by atoms with Crippen molar-refractivity contribution in [3.05, 3.63) is 0 Å². The first kappa shape index (κ1) is 9.44. The van der Waals surface area contributed by atoms with Gasteiger partial charge in [-0.2, -0.15) is 0 Å². The van der Waals surface area contributed by atoms with Crippen molar-refractivity contribution >= 4 is 0 Å². The van der Waals surface area contributed by atoms with E-state index in [1.165, 1.54) is 6.42 Å². The molecule has 2 fully saturated rings. The van der Waals surface area contributed by atoms with E-state index in [0.717, 1.165) is 32.3 Å². The van der Waals surface area contributed by atoms with Gasteiger partial charge >= 0.3 is 0 Å². The molecule has 3 nitrogen and oxygen atoms in total. The zero-order valence-corrected chi connectivity index (χ0v) is 8.09. The Balaban J connectivity index is 2.12. The van der Waals surface area contributed by atoms with E-state index >= 15 is 0 Å². The van der Waals surface area contributed by atoms with Crippen LogP contribution in [0.5, 0.6) is 0 Å². The Morgan fingerprint density at radius 2 is 2.08 bits per heavy atom. The number of aliphatic hydroxyl groups is 1. The Morgan fingerprint density at radius 1 is 1.31 bits per heavy atom. The molecule has 1 heterocycles. The predicted molar refractivity (Wildman–Crippen MR) is 50.3 cm³/mol. The molecule has 2 aliphatic rings. The molecule has 76 valence electrons. The zero-order chi connectivity index (χ0) is 9.36. The van der Waals surface area contributed by atoms with E-state index in [1.54, 1.807) is 0 Å². The van der Waals surface area contributed by atoms with Crippen molar-refractivity contribution in [1.29, 1.82) is 0 Å². The molecule has 1 saturated carbocycles. The Morgan fingerprint density at radius 3 is 2.62 bits per heavy atom. The maximum atomic E-state index is 10.5. The SMILES string of the molecule is NCCC1(O)CCOCC12CCC2. The second kappa shape index (κ2) is 3.23. The topological polar surface area (TPSA) is 55.5 Å². The molecule has 0 aromatic carbocycles. The molecule has 3 heteroatoms. The molecule has 3 N–H and O–H groups in total. The third-order valence-electron chi connectivity index (χ3n) is 3.89. The lowest BCUT2D eigenvalue weighted by Crippen LogP contribution is -2.59. The van der Waals surface area contributed by atoms with Crippen LogP contribution in [-0.4, -0.2) is 30.5 Å². The van der Waals surface area contributed by atoms with Crippen molar-refractivity contribution in [1.82, 2.24) is 0 Å². The van der Waals surface area contributed by atoms with Crippen LogP contribution in [0.15, 0.2) is 0 Å². The third-order valence-corrected chi connectivity index (χ3v) is 3.89. The number of rotatable bonds is 2. The Kier molecular flexibility index (Phi) is 2.34. The summed E-state index contributed by atoms with van der Waals surface area (Å²) in [7, 11) is 0. The van der Waals surface area contributed by atoms with E-state index in [2.05, 4.69) is 0 Å². The molecule has 0 bridgehead atoms. The minimum atomic E-state index is -0.530. The lowest BCUT2D eigenvalue weighted by molar-refractivity contribution is -0.206. The molecule has 1 aliphatic heterocycles. The zero-order valence-electron chi connectivity index (χ0n) is 8.09. The van der Waals surface area contributed by atoms with Gasteiger partial charge in [0.25, 0.3) is 0 Å². The molecular formula is C10H19NO2. The molecule has 0 amide bonds. The van der Waals surface area contributed by atoms with Gasteiger partial charge < -0.3 is 15.6 Å². The summed E-state index contributed by atoms with van der Waals surface area (Å²) in [5.41, 5.74) is 5.07. The molecule has 1 spiro atoms. The summed E-state index contributed by atoms with van der Waals surface area (Å²) in [6.07, 6.45) is 4.96. The first-order valence-corrected chi connectivity index (χ1v) is 5.23. The van der Waals surface area contributed by atoms with Gasteiger partial charge in [0.1, 0.15) is 0 Å². The van der Waals surface area contributed by atoms with Crippen LogP contribution in [0.3, 0.4) is 0 Å². The van der Waals surface area contributed by atoms with E-state index in [1.807, 2.05) is 0 Å². The van der Waals surface area contributed by atoms with Crippen molar-refractivity contribution in [3.8, 4) is 0 Å².